The number of aromatic nitrogens is 3. The van der Waals surface area contributed by atoms with Gasteiger partial charge in [0.05, 0.1) is 19.9 Å². The van der Waals surface area contributed by atoms with Crippen molar-refractivity contribution in [1.29, 1.82) is 0 Å². The van der Waals surface area contributed by atoms with Crippen molar-refractivity contribution >= 4 is 45.7 Å². The summed E-state index contributed by atoms with van der Waals surface area (Å²) in [6, 6.07) is 15.0. The van der Waals surface area contributed by atoms with Gasteiger partial charge in [-0.1, -0.05) is 41.3 Å². The van der Waals surface area contributed by atoms with Gasteiger partial charge in [0.1, 0.15) is 4.70 Å². The number of fused-ring (bicyclic) bond motifs is 1. The first-order valence-corrected chi connectivity index (χ1v) is 11.0. The minimum atomic E-state index is -0.169. The van der Waals surface area contributed by atoms with Crippen LogP contribution >= 0.6 is 35.3 Å². The van der Waals surface area contributed by atoms with Gasteiger partial charge in [-0.25, -0.2) is 4.98 Å². The molecule has 0 fully saturated rings. The van der Waals surface area contributed by atoms with Crippen LogP contribution in [0.15, 0.2) is 58.5 Å². The second-order valence-electron chi connectivity index (χ2n) is 5.97. The molecule has 2 heterocycles. The molecule has 0 atom stereocenters. The molecule has 0 saturated heterocycles. The highest BCUT2D eigenvalue weighted by Crippen LogP contribution is 2.31. The van der Waals surface area contributed by atoms with E-state index in [0.29, 0.717) is 36.6 Å². The Morgan fingerprint density at radius 2 is 1.72 bits per heavy atom. The SMILES string of the molecule is COc1ccc(-n2c(SC)nc3c(sc(=S)n3-c3ccccc3)c2=O)cc1OC. The summed E-state index contributed by atoms with van der Waals surface area (Å²) < 4.78 is 15.2. The van der Waals surface area contributed by atoms with Crippen molar-refractivity contribution in [2.24, 2.45) is 0 Å². The molecule has 0 saturated carbocycles. The van der Waals surface area contributed by atoms with Crippen LogP contribution in [0.1, 0.15) is 0 Å². The maximum atomic E-state index is 13.4. The number of thiazole rings is 1. The number of ether oxygens (including phenoxy) is 2. The number of hydrogen-bond acceptors (Lipinski definition) is 7. The largest absolute Gasteiger partial charge is 0.493 e. The van der Waals surface area contributed by atoms with Gasteiger partial charge in [0, 0.05) is 11.8 Å². The molecule has 29 heavy (non-hydrogen) atoms. The zero-order valence-electron chi connectivity index (χ0n) is 15.9. The lowest BCUT2D eigenvalue weighted by Crippen LogP contribution is -2.21. The topological polar surface area (TPSA) is 58.3 Å². The summed E-state index contributed by atoms with van der Waals surface area (Å²) in [6.07, 6.45) is 1.89. The lowest BCUT2D eigenvalue weighted by molar-refractivity contribution is 0.354. The summed E-state index contributed by atoms with van der Waals surface area (Å²) in [5.41, 5.74) is 1.93. The van der Waals surface area contributed by atoms with Gasteiger partial charge in [0.2, 0.25) is 0 Å². The molecule has 148 valence electrons. The quantitative estimate of drug-likeness (QED) is 0.253. The molecule has 0 N–H and O–H groups in total. The van der Waals surface area contributed by atoms with Crippen molar-refractivity contribution < 1.29 is 9.47 Å². The number of methoxy groups -OCH3 is 2. The molecule has 0 unspecified atom stereocenters. The van der Waals surface area contributed by atoms with E-state index in [9.17, 15) is 4.79 Å². The summed E-state index contributed by atoms with van der Waals surface area (Å²) in [5, 5.41) is 0.562. The van der Waals surface area contributed by atoms with E-state index in [-0.39, 0.29) is 5.56 Å². The fourth-order valence-corrected chi connectivity index (χ4v) is 4.92. The van der Waals surface area contributed by atoms with Gasteiger partial charge >= 0.3 is 0 Å². The average Bonchev–Trinajstić information content (AvgIpc) is 3.09. The number of rotatable bonds is 5. The third-order valence-corrected chi connectivity index (χ3v) is 6.39. The number of thioether (sulfide) groups is 1. The van der Waals surface area contributed by atoms with Gasteiger partial charge in [-0.15, -0.1) is 0 Å². The summed E-state index contributed by atoms with van der Waals surface area (Å²) in [4.78, 5) is 18.2. The first-order valence-electron chi connectivity index (χ1n) is 8.59. The number of hydrogen-bond donors (Lipinski definition) is 0. The Bertz CT molecular complexity index is 1310. The molecule has 0 aliphatic rings. The Morgan fingerprint density at radius 1 is 1.00 bits per heavy atom. The third kappa shape index (κ3) is 3.35. The van der Waals surface area contributed by atoms with Gasteiger partial charge < -0.3 is 9.47 Å². The maximum absolute atomic E-state index is 13.4. The van der Waals surface area contributed by atoms with Crippen LogP contribution in [0.5, 0.6) is 11.5 Å². The van der Waals surface area contributed by atoms with Gasteiger partial charge in [0.25, 0.3) is 5.56 Å². The highest BCUT2D eigenvalue weighted by atomic mass is 32.2. The average molecular weight is 444 g/mol. The van der Waals surface area contributed by atoms with Crippen LogP contribution in [0.4, 0.5) is 0 Å². The van der Waals surface area contributed by atoms with Crippen LogP contribution in [0, 0.1) is 3.95 Å². The van der Waals surface area contributed by atoms with Crippen LogP contribution in [0.25, 0.3) is 21.7 Å². The third-order valence-electron chi connectivity index (χ3n) is 4.40. The molecule has 0 radical (unpaired) electrons. The predicted octanol–water partition coefficient (Wildman–Crippen LogP) is 4.71. The van der Waals surface area contributed by atoms with Crippen molar-refractivity contribution in [2.45, 2.75) is 5.16 Å². The van der Waals surface area contributed by atoms with Crippen LogP contribution in [-0.2, 0) is 0 Å². The molecule has 0 bridgehead atoms. The molecule has 4 aromatic rings. The highest BCUT2D eigenvalue weighted by Gasteiger charge is 2.19. The van der Waals surface area contributed by atoms with Gasteiger partial charge in [-0.05, 0) is 42.7 Å². The molecule has 0 aliphatic carbocycles. The van der Waals surface area contributed by atoms with E-state index in [2.05, 4.69) is 0 Å². The molecular formula is C20H17N3O3S3. The first kappa shape index (κ1) is 19.7. The van der Waals surface area contributed by atoms with E-state index < -0.39 is 0 Å². The Kier molecular flexibility index (Phi) is 5.44. The summed E-state index contributed by atoms with van der Waals surface area (Å²) >= 11 is 8.21. The van der Waals surface area contributed by atoms with Crippen molar-refractivity contribution in [1.82, 2.24) is 14.1 Å². The van der Waals surface area contributed by atoms with E-state index >= 15 is 0 Å². The number of benzene rings is 2. The smallest absolute Gasteiger partial charge is 0.278 e. The monoisotopic (exact) mass is 443 g/mol. The van der Waals surface area contributed by atoms with Crippen molar-refractivity contribution in [3.63, 3.8) is 0 Å². The molecule has 4 rings (SSSR count). The van der Waals surface area contributed by atoms with Gasteiger partial charge in [-0.3, -0.25) is 13.9 Å². The molecular weight excluding hydrogens is 426 g/mol. The normalized spacial score (nSPS) is 11.0. The number of nitrogens with zero attached hydrogens (tertiary/aromatic N) is 3. The van der Waals surface area contributed by atoms with Crippen LogP contribution in [0.3, 0.4) is 0 Å². The van der Waals surface area contributed by atoms with Crippen LogP contribution < -0.4 is 15.0 Å². The zero-order valence-corrected chi connectivity index (χ0v) is 18.4. The highest BCUT2D eigenvalue weighted by molar-refractivity contribution is 7.98. The molecule has 0 amide bonds. The van der Waals surface area contributed by atoms with Gasteiger partial charge in [-0.2, -0.15) is 0 Å². The van der Waals surface area contributed by atoms with E-state index in [1.165, 1.54) is 23.1 Å². The first-order chi connectivity index (χ1) is 14.1. The van der Waals surface area contributed by atoms with Crippen LogP contribution in [0.2, 0.25) is 0 Å². The Morgan fingerprint density at radius 3 is 2.38 bits per heavy atom. The Balaban J connectivity index is 2.02. The molecule has 2 aromatic carbocycles. The molecule has 0 spiro atoms. The summed E-state index contributed by atoms with van der Waals surface area (Å²) in [7, 11) is 3.14. The lowest BCUT2D eigenvalue weighted by atomic mass is 10.2. The Labute approximate surface area is 180 Å². The zero-order chi connectivity index (χ0) is 20.5. The van der Waals surface area contributed by atoms with E-state index in [1.807, 2.05) is 47.2 Å². The van der Waals surface area contributed by atoms with E-state index in [0.717, 1.165) is 5.69 Å². The molecule has 2 aromatic heterocycles. The number of para-hydroxylation sites is 1. The van der Waals surface area contributed by atoms with Crippen LogP contribution in [-0.4, -0.2) is 34.6 Å². The molecule has 9 heteroatoms. The fraction of sp³-hybridized carbons (Fsp3) is 0.150. The second-order valence-corrected chi connectivity index (χ2v) is 8.39. The van der Waals surface area contributed by atoms with E-state index in [4.69, 9.17) is 26.7 Å². The lowest BCUT2D eigenvalue weighted by Gasteiger charge is -2.14. The second kappa shape index (κ2) is 8.02. The molecule has 6 nitrogen and oxygen atoms in total. The Hall–Kier alpha value is -2.62. The minimum Gasteiger partial charge on any atom is -0.493 e. The minimum absolute atomic E-state index is 0.169. The fourth-order valence-electron chi connectivity index (χ4n) is 3.07. The maximum Gasteiger partial charge on any atom is 0.278 e. The van der Waals surface area contributed by atoms with Gasteiger partial charge in [0.15, 0.2) is 26.3 Å². The molecule has 0 aliphatic heterocycles. The van der Waals surface area contributed by atoms with Crippen molar-refractivity contribution in [3.05, 3.63) is 62.8 Å². The summed E-state index contributed by atoms with van der Waals surface area (Å²) in [6.45, 7) is 0. The summed E-state index contributed by atoms with van der Waals surface area (Å²) in [5.74, 6) is 1.13. The van der Waals surface area contributed by atoms with Crippen molar-refractivity contribution in [3.8, 4) is 22.9 Å². The van der Waals surface area contributed by atoms with Crippen molar-refractivity contribution in [2.75, 3.05) is 20.5 Å². The predicted molar refractivity (Wildman–Crippen MR) is 120 cm³/mol. The van der Waals surface area contributed by atoms with E-state index in [1.54, 1.807) is 30.9 Å². The standard InChI is InChI=1S/C20H17N3O3S3/c1-25-14-10-9-13(11-15(14)26-2)23-18(24)16-17(21-19(23)28-3)22(20(27)29-16)12-7-5-4-6-8-12/h4-11H,1-3H3.